The second kappa shape index (κ2) is 6.58. The summed E-state index contributed by atoms with van der Waals surface area (Å²) in [5, 5.41) is 0. The Kier molecular flexibility index (Phi) is 5.36. The van der Waals surface area contributed by atoms with E-state index in [0.717, 1.165) is 18.6 Å². The summed E-state index contributed by atoms with van der Waals surface area (Å²) < 4.78 is 0. The zero-order chi connectivity index (χ0) is 11.1. The van der Waals surface area contributed by atoms with Gasteiger partial charge >= 0.3 is 0 Å². The monoisotopic (exact) mass is 218 g/mol. The Morgan fingerprint density at radius 2 is 1.93 bits per heavy atom. The molecule has 15 heavy (non-hydrogen) atoms. The van der Waals surface area contributed by atoms with E-state index in [1.807, 2.05) is 11.8 Å². The van der Waals surface area contributed by atoms with Gasteiger partial charge < -0.3 is 0 Å². The first-order valence-electron chi connectivity index (χ1n) is 5.40. The van der Waals surface area contributed by atoms with Crippen molar-refractivity contribution in [1.82, 2.24) is 0 Å². The zero-order valence-electron chi connectivity index (χ0n) is 9.49. The number of hydrogen-bond acceptors (Lipinski definition) is 1. The Hall–Kier alpha value is -0.870. The maximum atomic E-state index is 5.20. The van der Waals surface area contributed by atoms with E-state index < -0.39 is 0 Å². The molecule has 0 nitrogen and oxygen atoms in total. The smallest absolute Gasteiger partial charge is 0.00940 e. The van der Waals surface area contributed by atoms with Crippen LogP contribution in [0.2, 0.25) is 0 Å². The van der Waals surface area contributed by atoms with Crippen molar-refractivity contribution in [2.75, 3.05) is 5.75 Å². The third-order valence-corrected chi connectivity index (χ3v) is 3.38. The Balaban J connectivity index is 2.40. The topological polar surface area (TPSA) is 0 Å². The summed E-state index contributed by atoms with van der Waals surface area (Å²) in [5.74, 6) is 4.40. The second-order valence-corrected chi connectivity index (χ2v) is 5.05. The molecule has 0 fully saturated rings. The lowest BCUT2D eigenvalue weighted by atomic mass is 10.0. The quantitative estimate of drug-likeness (QED) is 0.403. The fourth-order valence-electron chi connectivity index (χ4n) is 1.31. The van der Waals surface area contributed by atoms with Gasteiger partial charge in [-0.2, -0.15) is 0 Å². The number of rotatable bonds is 5. The van der Waals surface area contributed by atoms with Crippen LogP contribution in [0.5, 0.6) is 0 Å². The van der Waals surface area contributed by atoms with E-state index in [0.29, 0.717) is 5.92 Å². The van der Waals surface area contributed by atoms with Crippen LogP contribution in [0.4, 0.5) is 0 Å². The molecule has 0 amide bonds. The molecule has 0 bridgehead atoms. The summed E-state index contributed by atoms with van der Waals surface area (Å²) in [6, 6.07) is 8.84. The molecule has 0 radical (unpaired) electrons. The Morgan fingerprint density at radius 1 is 1.27 bits per heavy atom. The van der Waals surface area contributed by atoms with E-state index in [9.17, 15) is 0 Å². The fourth-order valence-corrected chi connectivity index (χ4v) is 2.17. The lowest BCUT2D eigenvalue weighted by Gasteiger charge is -2.06. The van der Waals surface area contributed by atoms with Gasteiger partial charge in [0, 0.05) is 11.3 Å². The minimum atomic E-state index is 0.616. The molecule has 0 saturated heterocycles. The van der Waals surface area contributed by atoms with Crippen LogP contribution in [0.1, 0.15) is 38.2 Å². The highest BCUT2D eigenvalue weighted by molar-refractivity contribution is 7.99. The molecule has 1 heteroatoms. The van der Waals surface area contributed by atoms with Crippen molar-refractivity contribution in [3.8, 4) is 12.3 Å². The first-order valence-corrected chi connectivity index (χ1v) is 6.39. The highest BCUT2D eigenvalue weighted by Gasteiger charge is 1.98. The summed E-state index contributed by atoms with van der Waals surface area (Å²) in [7, 11) is 0. The van der Waals surface area contributed by atoms with Crippen LogP contribution >= 0.6 is 11.8 Å². The minimum Gasteiger partial charge on any atom is -0.126 e. The average Bonchev–Trinajstić information content (AvgIpc) is 2.25. The van der Waals surface area contributed by atoms with E-state index >= 15 is 0 Å². The van der Waals surface area contributed by atoms with Crippen LogP contribution < -0.4 is 0 Å². The molecule has 1 aromatic carbocycles. The van der Waals surface area contributed by atoms with Crippen molar-refractivity contribution in [2.24, 2.45) is 0 Å². The van der Waals surface area contributed by atoms with E-state index in [-0.39, 0.29) is 0 Å². The molecule has 1 rings (SSSR count). The van der Waals surface area contributed by atoms with Gasteiger partial charge in [0.2, 0.25) is 0 Å². The molecule has 0 spiro atoms. The van der Waals surface area contributed by atoms with Gasteiger partial charge in [0.05, 0.1) is 0 Å². The molecular formula is C14H18S. The lowest BCUT2D eigenvalue weighted by molar-refractivity contribution is 0.865. The summed E-state index contributed by atoms with van der Waals surface area (Å²) in [4.78, 5) is 1.34. The standard InChI is InChI=1S/C14H18S/c1-4-5-6-11-15-14-9-7-13(8-10-14)12(2)3/h1,7-10,12H,5-6,11H2,2-3H3. The Bertz CT molecular complexity index is 316. The molecule has 0 saturated carbocycles. The van der Waals surface area contributed by atoms with E-state index in [2.05, 4.69) is 44.0 Å². The van der Waals surface area contributed by atoms with Crippen molar-refractivity contribution >= 4 is 11.8 Å². The number of hydrogen-bond donors (Lipinski definition) is 0. The van der Waals surface area contributed by atoms with Gasteiger partial charge in [-0.15, -0.1) is 24.1 Å². The Labute approximate surface area is 97.5 Å². The number of terminal acetylenes is 1. The van der Waals surface area contributed by atoms with Crippen LogP contribution in [-0.2, 0) is 0 Å². The minimum absolute atomic E-state index is 0.616. The molecule has 80 valence electrons. The molecule has 0 unspecified atom stereocenters. The van der Waals surface area contributed by atoms with Crippen molar-refractivity contribution in [1.29, 1.82) is 0 Å². The Morgan fingerprint density at radius 3 is 2.47 bits per heavy atom. The van der Waals surface area contributed by atoms with Crippen molar-refractivity contribution in [3.63, 3.8) is 0 Å². The second-order valence-electron chi connectivity index (χ2n) is 3.88. The van der Waals surface area contributed by atoms with Crippen molar-refractivity contribution in [2.45, 2.75) is 37.5 Å². The third kappa shape index (κ3) is 4.44. The van der Waals surface area contributed by atoms with Gasteiger partial charge in [0.15, 0.2) is 0 Å². The molecule has 0 heterocycles. The van der Waals surface area contributed by atoms with Gasteiger partial charge in [-0.25, -0.2) is 0 Å². The maximum absolute atomic E-state index is 5.20. The highest BCUT2D eigenvalue weighted by Crippen LogP contribution is 2.22. The fraction of sp³-hybridized carbons (Fsp3) is 0.429. The van der Waals surface area contributed by atoms with Crippen molar-refractivity contribution in [3.05, 3.63) is 29.8 Å². The number of unbranched alkanes of at least 4 members (excludes halogenated alkanes) is 1. The molecular weight excluding hydrogens is 200 g/mol. The van der Waals surface area contributed by atoms with Crippen LogP contribution in [0.15, 0.2) is 29.2 Å². The van der Waals surface area contributed by atoms with Gasteiger partial charge in [0.25, 0.3) is 0 Å². The first kappa shape index (κ1) is 12.2. The summed E-state index contributed by atoms with van der Waals surface area (Å²) in [6.07, 6.45) is 7.19. The molecule has 0 N–H and O–H groups in total. The largest absolute Gasteiger partial charge is 0.126 e. The van der Waals surface area contributed by atoms with E-state index in [1.165, 1.54) is 10.5 Å². The van der Waals surface area contributed by atoms with Crippen LogP contribution in [-0.4, -0.2) is 5.75 Å². The molecule has 0 aliphatic carbocycles. The zero-order valence-corrected chi connectivity index (χ0v) is 10.3. The first-order chi connectivity index (χ1) is 7.24. The van der Waals surface area contributed by atoms with Gasteiger partial charge in [-0.1, -0.05) is 26.0 Å². The molecule has 0 aliphatic heterocycles. The van der Waals surface area contributed by atoms with Gasteiger partial charge in [0.1, 0.15) is 0 Å². The maximum Gasteiger partial charge on any atom is 0.00940 e. The summed E-state index contributed by atoms with van der Waals surface area (Å²) >= 11 is 1.89. The summed E-state index contributed by atoms with van der Waals surface area (Å²) in [6.45, 7) is 4.43. The predicted octanol–water partition coefficient (Wildman–Crippen LogP) is 4.32. The van der Waals surface area contributed by atoms with E-state index in [4.69, 9.17) is 6.42 Å². The van der Waals surface area contributed by atoms with E-state index in [1.54, 1.807) is 0 Å². The van der Waals surface area contributed by atoms with Gasteiger partial charge in [-0.05, 0) is 35.8 Å². The molecule has 0 atom stereocenters. The van der Waals surface area contributed by atoms with Crippen LogP contribution in [0, 0.1) is 12.3 Å². The number of thioether (sulfide) groups is 1. The predicted molar refractivity (Wildman–Crippen MR) is 69.3 cm³/mol. The lowest BCUT2D eigenvalue weighted by Crippen LogP contribution is -1.86. The van der Waals surface area contributed by atoms with Crippen molar-refractivity contribution < 1.29 is 0 Å². The third-order valence-electron chi connectivity index (χ3n) is 2.28. The highest BCUT2D eigenvalue weighted by atomic mass is 32.2. The molecule has 0 aromatic heterocycles. The summed E-state index contributed by atoms with van der Waals surface area (Å²) in [5.41, 5.74) is 1.41. The molecule has 1 aromatic rings. The van der Waals surface area contributed by atoms with Gasteiger partial charge in [-0.3, -0.25) is 0 Å². The van der Waals surface area contributed by atoms with Crippen LogP contribution in [0.25, 0.3) is 0 Å². The van der Waals surface area contributed by atoms with Crippen LogP contribution in [0.3, 0.4) is 0 Å². The number of benzene rings is 1. The molecule has 0 aliphatic rings. The SMILES string of the molecule is C#CCCCSc1ccc(C(C)C)cc1. The normalized spacial score (nSPS) is 10.3. The average molecular weight is 218 g/mol.